The van der Waals surface area contributed by atoms with E-state index in [1.165, 1.54) is 0 Å². The Morgan fingerprint density at radius 2 is 2.05 bits per heavy atom. The van der Waals surface area contributed by atoms with Crippen LogP contribution in [0.5, 0.6) is 0 Å². The molecule has 0 fully saturated rings. The third-order valence-corrected chi connectivity index (χ3v) is 4.30. The number of halogens is 2. The van der Waals surface area contributed by atoms with E-state index in [2.05, 4.69) is 31.5 Å². The van der Waals surface area contributed by atoms with Gasteiger partial charge in [-0.1, -0.05) is 28.1 Å². The third kappa shape index (κ3) is 5.07. The Labute approximate surface area is 142 Å². The minimum absolute atomic E-state index is 0. The normalized spacial score (nSPS) is 11.6. The number of hydrogen-bond acceptors (Lipinski definition) is 4. The van der Waals surface area contributed by atoms with E-state index in [9.17, 15) is 4.79 Å². The minimum atomic E-state index is -0.0787. The van der Waals surface area contributed by atoms with E-state index < -0.39 is 0 Å². The highest BCUT2D eigenvalue weighted by atomic mass is 79.9. The number of likely N-dealkylation sites (N-methyl/N-ethyl adjacent to an activating group) is 1. The van der Waals surface area contributed by atoms with Crippen molar-refractivity contribution in [2.24, 2.45) is 0 Å². The zero-order valence-electron chi connectivity index (χ0n) is 11.7. The van der Waals surface area contributed by atoms with Crippen molar-refractivity contribution >= 4 is 45.6 Å². The van der Waals surface area contributed by atoms with E-state index >= 15 is 0 Å². The van der Waals surface area contributed by atoms with Gasteiger partial charge in [-0.15, -0.1) is 23.7 Å². The molecule has 0 aliphatic rings. The number of benzene rings is 1. The molecule has 1 aromatic heterocycles. The molecule has 114 valence electrons. The van der Waals surface area contributed by atoms with E-state index in [0.717, 1.165) is 20.7 Å². The summed E-state index contributed by atoms with van der Waals surface area (Å²) in [5.41, 5.74) is 2.01. The SMILES string of the molecule is CNCC(=O)NC(C)c1nc(-c2ccc(Br)cc2)cs1.Cl. The molecule has 2 aromatic rings. The van der Waals surface area contributed by atoms with Crippen LogP contribution in [0.2, 0.25) is 0 Å². The Kier molecular flexibility index (Phi) is 7.31. The van der Waals surface area contributed by atoms with E-state index in [4.69, 9.17) is 0 Å². The number of thiazole rings is 1. The molecule has 1 heterocycles. The van der Waals surface area contributed by atoms with Crippen molar-refractivity contribution in [3.63, 3.8) is 0 Å². The molecule has 0 saturated heterocycles. The van der Waals surface area contributed by atoms with E-state index in [0.29, 0.717) is 6.54 Å². The first-order valence-corrected chi connectivity index (χ1v) is 7.92. The zero-order chi connectivity index (χ0) is 14.5. The van der Waals surface area contributed by atoms with Gasteiger partial charge in [0.15, 0.2) is 0 Å². The fourth-order valence-electron chi connectivity index (χ4n) is 1.75. The lowest BCUT2D eigenvalue weighted by molar-refractivity contribution is -0.120. The summed E-state index contributed by atoms with van der Waals surface area (Å²) in [6.07, 6.45) is 0. The molecule has 0 radical (unpaired) electrons. The van der Waals surface area contributed by atoms with Crippen LogP contribution in [0, 0.1) is 0 Å². The van der Waals surface area contributed by atoms with Gasteiger partial charge in [-0.3, -0.25) is 4.79 Å². The summed E-state index contributed by atoms with van der Waals surface area (Å²) < 4.78 is 1.05. The molecular weight excluding hydrogens is 374 g/mol. The predicted molar refractivity (Wildman–Crippen MR) is 93.0 cm³/mol. The highest BCUT2D eigenvalue weighted by Crippen LogP contribution is 2.26. The molecule has 0 aliphatic carbocycles. The van der Waals surface area contributed by atoms with Crippen LogP contribution >= 0.6 is 39.7 Å². The molecule has 2 rings (SSSR count). The lowest BCUT2D eigenvalue weighted by Crippen LogP contribution is -2.33. The predicted octanol–water partition coefficient (Wildman–Crippen LogP) is 3.39. The minimum Gasteiger partial charge on any atom is -0.346 e. The maximum Gasteiger partial charge on any atom is 0.234 e. The number of amides is 1. The van der Waals surface area contributed by atoms with Gasteiger partial charge in [0, 0.05) is 15.4 Å². The second-order valence-electron chi connectivity index (χ2n) is 4.40. The number of carbonyl (C=O) groups excluding carboxylic acids is 1. The molecule has 0 bridgehead atoms. The van der Waals surface area contributed by atoms with Crippen LogP contribution in [-0.4, -0.2) is 24.5 Å². The maximum absolute atomic E-state index is 11.5. The van der Waals surface area contributed by atoms with Gasteiger partial charge >= 0.3 is 0 Å². The van der Waals surface area contributed by atoms with Crippen molar-refractivity contribution < 1.29 is 4.79 Å². The topological polar surface area (TPSA) is 54.0 Å². The summed E-state index contributed by atoms with van der Waals surface area (Å²) in [4.78, 5) is 16.1. The molecular formula is C14H17BrClN3OS. The Hall–Kier alpha value is -0.950. The molecule has 1 unspecified atom stereocenters. The second-order valence-corrected chi connectivity index (χ2v) is 6.20. The van der Waals surface area contributed by atoms with Crippen molar-refractivity contribution in [1.82, 2.24) is 15.6 Å². The Morgan fingerprint density at radius 1 is 1.38 bits per heavy atom. The molecule has 4 nitrogen and oxygen atoms in total. The van der Waals surface area contributed by atoms with Gasteiger partial charge in [-0.25, -0.2) is 4.98 Å². The summed E-state index contributed by atoms with van der Waals surface area (Å²) in [5, 5.41) is 8.66. The Balaban J connectivity index is 0.00000220. The van der Waals surface area contributed by atoms with Gasteiger partial charge in [-0.2, -0.15) is 0 Å². The number of nitrogens with zero attached hydrogens (tertiary/aromatic N) is 1. The first kappa shape index (κ1) is 18.1. The number of hydrogen-bond donors (Lipinski definition) is 2. The number of carbonyl (C=O) groups is 1. The largest absolute Gasteiger partial charge is 0.346 e. The summed E-state index contributed by atoms with van der Waals surface area (Å²) in [6, 6.07) is 7.95. The van der Waals surface area contributed by atoms with Gasteiger partial charge in [0.2, 0.25) is 5.91 Å². The standard InChI is InChI=1S/C14H16BrN3OS.ClH/c1-9(17-13(19)7-16-2)14-18-12(8-20-14)10-3-5-11(15)6-4-10;/h3-6,8-9,16H,7H2,1-2H3,(H,17,19);1H. The Bertz CT molecular complexity index is 588. The van der Waals surface area contributed by atoms with Gasteiger partial charge in [0.05, 0.1) is 18.3 Å². The van der Waals surface area contributed by atoms with Crippen LogP contribution in [0.4, 0.5) is 0 Å². The molecule has 0 spiro atoms. The average Bonchev–Trinajstić information content (AvgIpc) is 2.89. The fraction of sp³-hybridized carbons (Fsp3) is 0.286. The van der Waals surface area contributed by atoms with Crippen LogP contribution in [-0.2, 0) is 4.79 Å². The maximum atomic E-state index is 11.5. The van der Waals surface area contributed by atoms with Crippen LogP contribution in [0.1, 0.15) is 18.0 Å². The molecule has 0 saturated carbocycles. The van der Waals surface area contributed by atoms with Crippen molar-refractivity contribution in [2.45, 2.75) is 13.0 Å². The highest BCUT2D eigenvalue weighted by Gasteiger charge is 2.13. The molecule has 0 aliphatic heterocycles. The van der Waals surface area contributed by atoms with Crippen LogP contribution in [0.3, 0.4) is 0 Å². The van der Waals surface area contributed by atoms with Crippen molar-refractivity contribution in [3.8, 4) is 11.3 Å². The Morgan fingerprint density at radius 3 is 2.67 bits per heavy atom. The number of nitrogens with one attached hydrogen (secondary N) is 2. The summed E-state index contributed by atoms with van der Waals surface area (Å²) in [5.74, 6) is -0.0274. The first-order valence-electron chi connectivity index (χ1n) is 6.25. The van der Waals surface area contributed by atoms with Crippen molar-refractivity contribution in [1.29, 1.82) is 0 Å². The third-order valence-electron chi connectivity index (χ3n) is 2.75. The summed E-state index contributed by atoms with van der Waals surface area (Å²) in [6.45, 7) is 2.26. The molecule has 1 aromatic carbocycles. The summed E-state index contributed by atoms with van der Waals surface area (Å²) in [7, 11) is 1.75. The number of aromatic nitrogens is 1. The van der Waals surface area contributed by atoms with Gasteiger partial charge in [0.25, 0.3) is 0 Å². The average molecular weight is 391 g/mol. The highest BCUT2D eigenvalue weighted by molar-refractivity contribution is 9.10. The van der Waals surface area contributed by atoms with Gasteiger partial charge < -0.3 is 10.6 Å². The van der Waals surface area contributed by atoms with Gasteiger partial charge in [0.1, 0.15) is 5.01 Å². The van der Waals surface area contributed by atoms with Gasteiger partial charge in [-0.05, 0) is 26.1 Å². The summed E-state index contributed by atoms with van der Waals surface area (Å²) >= 11 is 4.98. The first-order chi connectivity index (χ1) is 9.60. The van der Waals surface area contributed by atoms with E-state index in [-0.39, 0.29) is 24.4 Å². The molecule has 1 atom stereocenters. The van der Waals surface area contributed by atoms with Crippen LogP contribution < -0.4 is 10.6 Å². The van der Waals surface area contributed by atoms with Crippen molar-refractivity contribution in [3.05, 3.63) is 39.1 Å². The zero-order valence-corrected chi connectivity index (χ0v) is 14.9. The second kappa shape index (κ2) is 8.48. The molecule has 7 heteroatoms. The van der Waals surface area contributed by atoms with Crippen molar-refractivity contribution in [2.75, 3.05) is 13.6 Å². The number of rotatable bonds is 5. The lowest BCUT2D eigenvalue weighted by atomic mass is 10.2. The molecule has 1 amide bonds. The van der Waals surface area contributed by atoms with Crippen LogP contribution in [0.15, 0.2) is 34.1 Å². The van der Waals surface area contributed by atoms with E-state index in [1.54, 1.807) is 18.4 Å². The fourth-order valence-corrected chi connectivity index (χ4v) is 2.85. The monoisotopic (exact) mass is 389 g/mol. The quantitative estimate of drug-likeness (QED) is 0.823. The van der Waals surface area contributed by atoms with Crippen LogP contribution in [0.25, 0.3) is 11.3 Å². The molecule has 21 heavy (non-hydrogen) atoms. The van der Waals surface area contributed by atoms with E-state index in [1.807, 2.05) is 36.6 Å². The molecule has 2 N–H and O–H groups in total. The smallest absolute Gasteiger partial charge is 0.234 e. The lowest BCUT2D eigenvalue weighted by Gasteiger charge is -2.10.